The summed E-state index contributed by atoms with van der Waals surface area (Å²) in [7, 11) is 0. The molecule has 0 radical (unpaired) electrons. The van der Waals surface area contributed by atoms with Crippen molar-refractivity contribution < 1.29 is 19.1 Å². The van der Waals surface area contributed by atoms with Crippen molar-refractivity contribution in [3.05, 3.63) is 23.9 Å². The van der Waals surface area contributed by atoms with Crippen molar-refractivity contribution in [1.29, 1.82) is 0 Å². The number of amides is 1. The van der Waals surface area contributed by atoms with Crippen molar-refractivity contribution in [1.82, 2.24) is 4.90 Å². The predicted molar refractivity (Wildman–Crippen MR) is 71.6 cm³/mol. The first-order valence-electron chi connectivity index (χ1n) is 7.00. The molecule has 2 aliphatic heterocycles. The van der Waals surface area contributed by atoms with Crippen LogP contribution in [0, 0.1) is 0 Å². The number of ketones is 1. The number of nitrogens with zero attached hydrogens (tertiary/aromatic N) is 1. The van der Waals surface area contributed by atoms with Crippen LogP contribution in [0.5, 0.6) is 0 Å². The molecule has 0 bridgehead atoms. The number of carbonyl (C=O) groups excluding carboxylic acids is 2. The first-order valence-corrected chi connectivity index (χ1v) is 7.00. The van der Waals surface area contributed by atoms with Crippen molar-refractivity contribution in [2.45, 2.75) is 57.6 Å². The number of hydrogen-bond acceptors (Lipinski definition) is 4. The molecule has 0 N–H and O–H groups in total. The lowest BCUT2D eigenvalue weighted by molar-refractivity contribution is -0.153. The van der Waals surface area contributed by atoms with Crippen molar-refractivity contribution in [2.75, 3.05) is 0 Å². The second-order valence-electron chi connectivity index (χ2n) is 5.87. The highest BCUT2D eigenvalue weighted by Crippen LogP contribution is 2.41. The van der Waals surface area contributed by atoms with Gasteiger partial charge in [-0.1, -0.05) is 13.0 Å². The van der Waals surface area contributed by atoms with Crippen molar-refractivity contribution in [2.24, 2.45) is 0 Å². The van der Waals surface area contributed by atoms with E-state index in [-0.39, 0.29) is 36.4 Å². The smallest absolute Gasteiger partial charge is 0.234 e. The number of ether oxygens (including phenoxy) is 2. The summed E-state index contributed by atoms with van der Waals surface area (Å²) in [6.45, 7) is 5.83. The Bertz CT molecular complexity index is 520. The third-order valence-electron chi connectivity index (χ3n) is 3.98. The lowest BCUT2D eigenvalue weighted by Gasteiger charge is -2.30. The zero-order valence-corrected chi connectivity index (χ0v) is 12.0. The first-order chi connectivity index (χ1) is 9.41. The van der Waals surface area contributed by atoms with Crippen molar-refractivity contribution in [3.8, 4) is 0 Å². The van der Waals surface area contributed by atoms with Gasteiger partial charge in [0.15, 0.2) is 11.6 Å². The van der Waals surface area contributed by atoms with Crippen LogP contribution >= 0.6 is 0 Å². The van der Waals surface area contributed by atoms with Gasteiger partial charge in [-0.2, -0.15) is 0 Å². The van der Waals surface area contributed by atoms with Crippen LogP contribution < -0.4 is 0 Å². The van der Waals surface area contributed by atoms with E-state index >= 15 is 0 Å². The SMILES string of the molecule is CCC1=C[C@@H](N2C=CC(=O)CC2=O)C2OC(C)(C)O[C@@H]12. The Morgan fingerprint density at radius 2 is 2.10 bits per heavy atom. The van der Waals surface area contributed by atoms with Crippen LogP contribution in [0.4, 0.5) is 0 Å². The van der Waals surface area contributed by atoms with Crippen LogP contribution in [-0.2, 0) is 19.1 Å². The molecule has 1 unspecified atom stereocenters. The Balaban J connectivity index is 1.90. The van der Waals surface area contributed by atoms with E-state index in [0.717, 1.165) is 12.0 Å². The third-order valence-corrected chi connectivity index (χ3v) is 3.98. The number of allylic oxidation sites excluding steroid dienone is 1. The summed E-state index contributed by atoms with van der Waals surface area (Å²) in [5.41, 5.74) is 1.16. The number of rotatable bonds is 2. The Morgan fingerprint density at radius 3 is 2.75 bits per heavy atom. The summed E-state index contributed by atoms with van der Waals surface area (Å²) >= 11 is 0. The molecular weight excluding hydrogens is 258 g/mol. The average molecular weight is 277 g/mol. The molecule has 0 aromatic rings. The zero-order valence-electron chi connectivity index (χ0n) is 12.0. The van der Waals surface area contributed by atoms with Gasteiger partial charge in [0.2, 0.25) is 5.91 Å². The average Bonchev–Trinajstić information content (AvgIpc) is 2.83. The highest BCUT2D eigenvalue weighted by Gasteiger charge is 2.51. The minimum absolute atomic E-state index is 0.0655. The number of fused-ring (bicyclic) bond motifs is 1. The van der Waals surface area contributed by atoms with Gasteiger partial charge in [0.1, 0.15) is 12.2 Å². The lowest BCUT2D eigenvalue weighted by atomic mass is 10.1. The molecule has 0 spiro atoms. The second kappa shape index (κ2) is 4.53. The van der Waals surface area contributed by atoms with Crippen molar-refractivity contribution >= 4 is 11.7 Å². The Labute approximate surface area is 118 Å². The highest BCUT2D eigenvalue weighted by molar-refractivity contribution is 6.06. The summed E-state index contributed by atoms with van der Waals surface area (Å²) in [5.74, 6) is -0.965. The predicted octanol–water partition coefficient (Wildman–Crippen LogP) is 1.54. The van der Waals surface area contributed by atoms with Crippen molar-refractivity contribution in [3.63, 3.8) is 0 Å². The van der Waals surface area contributed by atoms with E-state index in [1.54, 1.807) is 11.1 Å². The number of hydrogen-bond donors (Lipinski definition) is 0. The molecule has 0 aromatic heterocycles. The molecule has 5 heteroatoms. The van der Waals surface area contributed by atoms with Gasteiger partial charge in [-0.25, -0.2) is 0 Å². The van der Waals surface area contributed by atoms with Gasteiger partial charge in [0.05, 0.1) is 12.5 Å². The molecule has 1 fully saturated rings. The van der Waals surface area contributed by atoms with E-state index in [1.165, 1.54) is 6.08 Å². The van der Waals surface area contributed by atoms with Gasteiger partial charge >= 0.3 is 0 Å². The maximum Gasteiger partial charge on any atom is 0.234 e. The summed E-state index contributed by atoms with van der Waals surface area (Å²) in [4.78, 5) is 24.9. The molecule has 1 saturated heterocycles. The molecule has 1 aliphatic carbocycles. The lowest BCUT2D eigenvalue weighted by Crippen LogP contribution is -2.45. The highest BCUT2D eigenvalue weighted by atomic mass is 16.8. The summed E-state index contributed by atoms with van der Waals surface area (Å²) in [6, 6.07) is -0.187. The molecular formula is C15H19NO4. The first kappa shape index (κ1) is 13.5. The standard InChI is InChI=1S/C15H19NO4/c1-4-9-7-11(14-13(9)19-15(2,3)20-14)16-6-5-10(17)8-12(16)18/h5-7,11,13-14H,4,8H2,1-3H3/t11-,13+,14?/m1/s1. The fraction of sp³-hybridized carbons (Fsp3) is 0.600. The van der Waals surface area contributed by atoms with Crippen LogP contribution in [0.1, 0.15) is 33.6 Å². The maximum absolute atomic E-state index is 12.1. The van der Waals surface area contributed by atoms with Crippen LogP contribution in [-0.4, -0.2) is 40.6 Å². The summed E-state index contributed by atoms with van der Waals surface area (Å²) in [5, 5.41) is 0. The molecule has 5 nitrogen and oxygen atoms in total. The third kappa shape index (κ3) is 2.11. The van der Waals surface area contributed by atoms with E-state index in [4.69, 9.17) is 9.47 Å². The Hall–Kier alpha value is -1.46. The van der Waals surface area contributed by atoms with Gasteiger partial charge in [-0.3, -0.25) is 9.59 Å². The van der Waals surface area contributed by atoms with Crippen LogP contribution in [0.3, 0.4) is 0 Å². The van der Waals surface area contributed by atoms with E-state index in [9.17, 15) is 9.59 Å². The molecule has 3 atom stereocenters. The summed E-state index contributed by atoms with van der Waals surface area (Å²) in [6.07, 6.45) is 5.57. The topological polar surface area (TPSA) is 55.8 Å². The van der Waals surface area contributed by atoms with Gasteiger partial charge in [-0.05, 0) is 31.9 Å². The fourth-order valence-electron chi connectivity index (χ4n) is 3.10. The Kier molecular flexibility index (Phi) is 3.06. The molecule has 108 valence electrons. The fourth-order valence-corrected chi connectivity index (χ4v) is 3.10. The Morgan fingerprint density at radius 1 is 1.35 bits per heavy atom. The maximum atomic E-state index is 12.1. The minimum Gasteiger partial charge on any atom is -0.342 e. The van der Waals surface area contributed by atoms with Gasteiger partial charge < -0.3 is 14.4 Å². The van der Waals surface area contributed by atoms with E-state index in [1.807, 2.05) is 19.9 Å². The van der Waals surface area contributed by atoms with Gasteiger partial charge in [0.25, 0.3) is 0 Å². The second-order valence-corrected chi connectivity index (χ2v) is 5.87. The van der Waals surface area contributed by atoms with Gasteiger partial charge in [-0.15, -0.1) is 0 Å². The molecule has 3 aliphatic rings. The van der Waals surface area contributed by atoms with E-state index < -0.39 is 5.79 Å². The van der Waals surface area contributed by atoms with Gasteiger partial charge in [0, 0.05) is 6.20 Å². The largest absolute Gasteiger partial charge is 0.342 e. The van der Waals surface area contributed by atoms with Crippen LogP contribution in [0.2, 0.25) is 0 Å². The van der Waals surface area contributed by atoms with Crippen LogP contribution in [0.15, 0.2) is 23.9 Å². The molecule has 3 rings (SSSR count). The normalized spacial score (nSPS) is 35.5. The molecule has 0 aromatic carbocycles. The van der Waals surface area contributed by atoms with E-state index in [0.29, 0.717) is 0 Å². The minimum atomic E-state index is -0.638. The number of carbonyl (C=O) groups is 2. The van der Waals surface area contributed by atoms with Crippen LogP contribution in [0.25, 0.3) is 0 Å². The molecule has 1 amide bonds. The quantitative estimate of drug-likeness (QED) is 0.567. The zero-order chi connectivity index (χ0) is 14.5. The monoisotopic (exact) mass is 277 g/mol. The van der Waals surface area contributed by atoms with E-state index in [2.05, 4.69) is 6.92 Å². The molecule has 20 heavy (non-hydrogen) atoms. The summed E-state index contributed by atoms with van der Waals surface area (Å²) < 4.78 is 11.9. The molecule has 2 heterocycles. The molecule has 0 saturated carbocycles.